The molecular formula is C12H17ClN2O4. The van der Waals surface area contributed by atoms with Crippen LogP contribution in [-0.4, -0.2) is 38.3 Å². The van der Waals surface area contributed by atoms with Gasteiger partial charge in [0.1, 0.15) is 11.5 Å². The molecule has 0 aliphatic carbocycles. The number of aliphatic hydroxyl groups excluding tert-OH is 1. The first kappa shape index (κ1) is 15.6. The molecule has 6 nitrogen and oxygen atoms in total. The number of ether oxygens (including phenoxy) is 2. The topological polar surface area (TPSA) is 79.8 Å². The Bertz CT molecular complexity index is 428. The monoisotopic (exact) mass is 288 g/mol. The van der Waals surface area contributed by atoms with E-state index in [4.69, 9.17) is 21.3 Å². The van der Waals surface area contributed by atoms with Crippen LogP contribution in [0.2, 0.25) is 0 Å². The number of aliphatic hydroxyl groups is 1. The third-order valence-corrected chi connectivity index (χ3v) is 2.65. The summed E-state index contributed by atoms with van der Waals surface area (Å²) in [5, 5.41) is 12.6. The molecule has 0 bridgehead atoms. The number of rotatable bonds is 7. The fourth-order valence-electron chi connectivity index (χ4n) is 1.54. The fourth-order valence-corrected chi connectivity index (χ4v) is 1.66. The largest absolute Gasteiger partial charge is 0.497 e. The number of amides is 1. The van der Waals surface area contributed by atoms with Crippen LogP contribution in [0.3, 0.4) is 0 Å². The van der Waals surface area contributed by atoms with Gasteiger partial charge < -0.3 is 19.9 Å². The third kappa shape index (κ3) is 4.59. The van der Waals surface area contributed by atoms with E-state index < -0.39 is 6.10 Å². The lowest BCUT2D eigenvalue weighted by Gasteiger charge is -2.16. The molecular weight excluding hydrogens is 272 g/mol. The molecule has 0 saturated carbocycles. The molecule has 19 heavy (non-hydrogen) atoms. The highest BCUT2D eigenvalue weighted by atomic mass is 35.5. The highest BCUT2D eigenvalue weighted by Gasteiger charge is 2.15. The summed E-state index contributed by atoms with van der Waals surface area (Å²) in [6.07, 6.45) is -0.899. The van der Waals surface area contributed by atoms with Gasteiger partial charge in [0, 0.05) is 12.1 Å². The van der Waals surface area contributed by atoms with Gasteiger partial charge in [0.05, 0.1) is 26.9 Å². The number of carbonyl (C=O) groups is 1. The van der Waals surface area contributed by atoms with E-state index in [1.807, 2.05) is 0 Å². The standard InChI is InChI=1S/C12H17ClN2O4/c1-18-8-3-4-11(19-2)9(5-8)10(16)6-14-12(17)7-15-13/h3-5,10,15-16H,6-7H2,1-2H3,(H,14,17). The number of methoxy groups -OCH3 is 2. The molecule has 1 aromatic rings. The maximum atomic E-state index is 11.2. The smallest absolute Gasteiger partial charge is 0.235 e. The molecule has 1 amide bonds. The Hall–Kier alpha value is -1.50. The summed E-state index contributed by atoms with van der Waals surface area (Å²) in [6, 6.07) is 5.08. The van der Waals surface area contributed by atoms with Gasteiger partial charge in [-0.2, -0.15) is 0 Å². The Kier molecular flexibility index (Phi) is 6.41. The van der Waals surface area contributed by atoms with Gasteiger partial charge in [0.25, 0.3) is 0 Å². The third-order valence-electron chi connectivity index (χ3n) is 2.52. The van der Waals surface area contributed by atoms with E-state index in [1.165, 1.54) is 14.2 Å². The van der Waals surface area contributed by atoms with Crippen LogP contribution < -0.4 is 19.6 Å². The van der Waals surface area contributed by atoms with Crippen molar-refractivity contribution in [3.63, 3.8) is 0 Å². The fraction of sp³-hybridized carbons (Fsp3) is 0.417. The Morgan fingerprint density at radius 1 is 1.42 bits per heavy atom. The summed E-state index contributed by atoms with van der Waals surface area (Å²) >= 11 is 5.21. The summed E-state index contributed by atoms with van der Waals surface area (Å²) in [4.78, 5) is 13.4. The van der Waals surface area contributed by atoms with Crippen molar-refractivity contribution in [1.29, 1.82) is 0 Å². The lowest BCUT2D eigenvalue weighted by atomic mass is 10.1. The second-order valence-corrected chi connectivity index (χ2v) is 4.01. The molecule has 0 fully saturated rings. The van der Waals surface area contributed by atoms with E-state index in [-0.39, 0.29) is 19.0 Å². The van der Waals surface area contributed by atoms with Crippen LogP contribution in [0, 0.1) is 0 Å². The predicted molar refractivity (Wildman–Crippen MR) is 71.4 cm³/mol. The quantitative estimate of drug-likeness (QED) is 0.640. The van der Waals surface area contributed by atoms with E-state index in [0.717, 1.165) is 0 Å². The van der Waals surface area contributed by atoms with Crippen LogP contribution in [0.15, 0.2) is 18.2 Å². The molecule has 0 spiro atoms. The van der Waals surface area contributed by atoms with Gasteiger partial charge in [-0.1, -0.05) is 0 Å². The number of carbonyl (C=O) groups excluding carboxylic acids is 1. The summed E-state index contributed by atoms with van der Waals surface area (Å²) < 4.78 is 10.2. The van der Waals surface area contributed by atoms with Crippen molar-refractivity contribution in [2.45, 2.75) is 6.10 Å². The minimum absolute atomic E-state index is 0.0243. The van der Waals surface area contributed by atoms with Crippen molar-refractivity contribution < 1.29 is 19.4 Å². The highest BCUT2D eigenvalue weighted by Crippen LogP contribution is 2.28. The molecule has 0 heterocycles. The van der Waals surface area contributed by atoms with Gasteiger partial charge >= 0.3 is 0 Å². The van der Waals surface area contributed by atoms with Gasteiger partial charge in [-0.25, -0.2) is 4.84 Å². The van der Waals surface area contributed by atoms with Crippen molar-refractivity contribution in [3.8, 4) is 11.5 Å². The summed E-state index contributed by atoms with van der Waals surface area (Å²) in [7, 11) is 3.04. The summed E-state index contributed by atoms with van der Waals surface area (Å²) in [5.74, 6) is 0.817. The number of nitrogens with one attached hydrogen (secondary N) is 2. The molecule has 0 radical (unpaired) electrons. The van der Waals surface area contributed by atoms with E-state index in [9.17, 15) is 9.90 Å². The molecule has 1 unspecified atom stereocenters. The zero-order valence-electron chi connectivity index (χ0n) is 10.8. The molecule has 0 aromatic heterocycles. The van der Waals surface area contributed by atoms with Crippen LogP contribution in [-0.2, 0) is 4.79 Å². The number of halogens is 1. The zero-order chi connectivity index (χ0) is 14.3. The van der Waals surface area contributed by atoms with E-state index in [2.05, 4.69) is 10.2 Å². The van der Waals surface area contributed by atoms with E-state index in [1.54, 1.807) is 18.2 Å². The lowest BCUT2D eigenvalue weighted by Crippen LogP contribution is -2.33. The SMILES string of the molecule is COc1ccc(OC)c(C(O)CNC(=O)CNCl)c1. The van der Waals surface area contributed by atoms with Crippen molar-refractivity contribution in [2.75, 3.05) is 27.3 Å². The summed E-state index contributed by atoms with van der Waals surface area (Å²) in [5.41, 5.74) is 0.543. The Labute approximate surface area is 116 Å². The van der Waals surface area contributed by atoms with Crippen LogP contribution in [0.4, 0.5) is 0 Å². The van der Waals surface area contributed by atoms with Crippen LogP contribution >= 0.6 is 11.8 Å². The molecule has 1 atom stereocenters. The van der Waals surface area contributed by atoms with E-state index >= 15 is 0 Å². The molecule has 1 aromatic carbocycles. The molecule has 7 heteroatoms. The minimum Gasteiger partial charge on any atom is -0.497 e. The average Bonchev–Trinajstić information content (AvgIpc) is 2.44. The Morgan fingerprint density at radius 3 is 2.74 bits per heavy atom. The van der Waals surface area contributed by atoms with Gasteiger partial charge in [-0.3, -0.25) is 4.79 Å². The van der Waals surface area contributed by atoms with E-state index in [0.29, 0.717) is 17.1 Å². The first-order valence-corrected chi connectivity index (χ1v) is 6.00. The molecule has 0 aliphatic heterocycles. The number of hydrogen-bond acceptors (Lipinski definition) is 5. The van der Waals surface area contributed by atoms with Gasteiger partial charge in [0.2, 0.25) is 5.91 Å². The van der Waals surface area contributed by atoms with Crippen molar-refractivity contribution in [2.24, 2.45) is 0 Å². The van der Waals surface area contributed by atoms with Gasteiger partial charge in [-0.05, 0) is 30.0 Å². The second kappa shape index (κ2) is 7.83. The molecule has 106 valence electrons. The van der Waals surface area contributed by atoms with Gasteiger partial charge in [0.15, 0.2) is 0 Å². The normalized spacial score (nSPS) is 11.8. The van der Waals surface area contributed by atoms with Crippen LogP contribution in [0.1, 0.15) is 11.7 Å². The molecule has 1 rings (SSSR count). The molecule has 3 N–H and O–H groups in total. The molecule has 0 aliphatic rings. The van der Waals surface area contributed by atoms with Crippen LogP contribution in [0.5, 0.6) is 11.5 Å². The highest BCUT2D eigenvalue weighted by molar-refractivity contribution is 6.14. The average molecular weight is 289 g/mol. The Balaban J connectivity index is 2.74. The maximum absolute atomic E-state index is 11.2. The first-order valence-electron chi connectivity index (χ1n) is 5.62. The number of hydrogen-bond donors (Lipinski definition) is 3. The Morgan fingerprint density at radius 2 is 2.16 bits per heavy atom. The second-order valence-electron chi connectivity index (χ2n) is 3.74. The zero-order valence-corrected chi connectivity index (χ0v) is 11.5. The van der Waals surface area contributed by atoms with Crippen molar-refractivity contribution >= 4 is 17.7 Å². The van der Waals surface area contributed by atoms with Crippen molar-refractivity contribution in [1.82, 2.24) is 10.2 Å². The maximum Gasteiger partial charge on any atom is 0.235 e. The van der Waals surface area contributed by atoms with Crippen LogP contribution in [0.25, 0.3) is 0 Å². The van der Waals surface area contributed by atoms with Gasteiger partial charge in [-0.15, -0.1) is 0 Å². The first-order chi connectivity index (χ1) is 9.12. The summed E-state index contributed by atoms with van der Waals surface area (Å²) in [6.45, 7) is 0.0322. The number of benzene rings is 1. The molecule has 0 saturated heterocycles. The lowest BCUT2D eigenvalue weighted by molar-refractivity contribution is -0.120. The predicted octanol–water partition coefficient (Wildman–Crippen LogP) is 0.597. The minimum atomic E-state index is -0.899. The van der Waals surface area contributed by atoms with Crippen molar-refractivity contribution in [3.05, 3.63) is 23.8 Å².